The van der Waals surface area contributed by atoms with Crippen molar-refractivity contribution in [2.45, 2.75) is 37.8 Å². The lowest BCUT2D eigenvalue weighted by Crippen LogP contribution is -2.30. The lowest BCUT2D eigenvalue weighted by atomic mass is 10.2. The highest BCUT2D eigenvalue weighted by Gasteiger charge is 2.23. The maximum absolute atomic E-state index is 11.7. The molecule has 0 aromatic heterocycles. The SMILES string of the molecule is O=C(Nc1ccc(O[B]Oc2ccc(NC(=O)NC3CC3)cc2)cc1)NC1CC1. The molecule has 4 rings (SSSR count). The molecule has 2 aliphatic rings. The van der Waals surface area contributed by atoms with Crippen molar-refractivity contribution in [3.63, 3.8) is 0 Å². The molecule has 149 valence electrons. The quantitative estimate of drug-likeness (QED) is 0.518. The Balaban J connectivity index is 1.17. The molecule has 4 amide bonds. The highest BCUT2D eigenvalue weighted by Crippen LogP contribution is 2.21. The van der Waals surface area contributed by atoms with E-state index >= 15 is 0 Å². The van der Waals surface area contributed by atoms with Crippen molar-refractivity contribution in [3.05, 3.63) is 48.5 Å². The molecular weight excluding hydrogens is 371 g/mol. The molecule has 4 N–H and O–H groups in total. The molecule has 0 bridgehead atoms. The number of hydrogen-bond acceptors (Lipinski definition) is 4. The van der Waals surface area contributed by atoms with Gasteiger partial charge in [0.1, 0.15) is 11.5 Å². The predicted molar refractivity (Wildman–Crippen MR) is 110 cm³/mol. The van der Waals surface area contributed by atoms with Gasteiger partial charge in [-0.2, -0.15) is 0 Å². The summed E-state index contributed by atoms with van der Waals surface area (Å²) in [4.78, 5) is 23.4. The summed E-state index contributed by atoms with van der Waals surface area (Å²) in [5, 5.41) is 11.3. The van der Waals surface area contributed by atoms with Crippen LogP contribution in [0, 0.1) is 0 Å². The van der Waals surface area contributed by atoms with Gasteiger partial charge in [0.05, 0.1) is 0 Å². The van der Waals surface area contributed by atoms with Gasteiger partial charge in [0, 0.05) is 23.5 Å². The van der Waals surface area contributed by atoms with Crippen LogP contribution in [0.1, 0.15) is 25.7 Å². The first-order chi connectivity index (χ1) is 14.1. The van der Waals surface area contributed by atoms with Crippen LogP contribution in [-0.4, -0.2) is 31.8 Å². The Morgan fingerprint density at radius 2 is 1.07 bits per heavy atom. The highest BCUT2D eigenvalue weighted by molar-refractivity contribution is 6.20. The summed E-state index contributed by atoms with van der Waals surface area (Å²) < 4.78 is 10.9. The van der Waals surface area contributed by atoms with Gasteiger partial charge >= 0.3 is 19.7 Å². The Labute approximate surface area is 169 Å². The number of benzene rings is 2. The van der Waals surface area contributed by atoms with Gasteiger partial charge in [-0.1, -0.05) is 0 Å². The minimum atomic E-state index is -0.195. The Morgan fingerprint density at radius 3 is 1.41 bits per heavy atom. The van der Waals surface area contributed by atoms with E-state index < -0.39 is 0 Å². The number of anilines is 2. The van der Waals surface area contributed by atoms with E-state index in [4.69, 9.17) is 9.31 Å². The van der Waals surface area contributed by atoms with Crippen molar-refractivity contribution in [2.24, 2.45) is 0 Å². The number of nitrogens with one attached hydrogen (secondary N) is 4. The molecule has 1 radical (unpaired) electrons. The molecule has 0 aliphatic heterocycles. The van der Waals surface area contributed by atoms with Gasteiger partial charge in [-0.25, -0.2) is 9.59 Å². The van der Waals surface area contributed by atoms with Crippen molar-refractivity contribution in [1.82, 2.24) is 10.6 Å². The van der Waals surface area contributed by atoms with E-state index in [0.29, 0.717) is 35.0 Å². The first-order valence-electron chi connectivity index (χ1n) is 9.64. The second kappa shape index (κ2) is 8.77. The molecule has 0 spiro atoms. The molecule has 0 saturated heterocycles. The summed E-state index contributed by atoms with van der Waals surface area (Å²) in [5.74, 6) is 1.15. The van der Waals surface area contributed by atoms with Gasteiger partial charge < -0.3 is 30.6 Å². The first-order valence-corrected chi connectivity index (χ1v) is 9.64. The van der Waals surface area contributed by atoms with Crippen LogP contribution < -0.4 is 30.6 Å². The minimum absolute atomic E-state index is 0.195. The largest absolute Gasteiger partial charge is 0.658 e. The molecule has 2 aromatic rings. The number of amides is 4. The zero-order valence-electron chi connectivity index (χ0n) is 15.8. The summed E-state index contributed by atoms with van der Waals surface area (Å²) >= 11 is 0. The highest BCUT2D eigenvalue weighted by atomic mass is 16.6. The molecule has 9 heteroatoms. The number of carbonyl (C=O) groups excluding carboxylic acids is 2. The average molecular weight is 393 g/mol. The maximum Gasteiger partial charge on any atom is 0.658 e. The van der Waals surface area contributed by atoms with Crippen LogP contribution in [0.3, 0.4) is 0 Å². The lowest BCUT2D eigenvalue weighted by molar-refractivity contribution is 0.251. The van der Waals surface area contributed by atoms with Crippen LogP contribution in [0.5, 0.6) is 11.5 Å². The fourth-order valence-electron chi connectivity index (χ4n) is 2.53. The summed E-state index contributed by atoms with van der Waals surface area (Å²) in [5.41, 5.74) is 1.37. The molecular formula is C20H22BN4O4. The third-order valence-electron chi connectivity index (χ3n) is 4.42. The predicted octanol–water partition coefficient (Wildman–Crippen LogP) is 3.25. The summed E-state index contributed by atoms with van der Waals surface area (Å²) in [6.45, 7) is 0. The molecule has 2 aromatic carbocycles. The van der Waals surface area contributed by atoms with Crippen LogP contribution in [0.25, 0.3) is 0 Å². The fourth-order valence-corrected chi connectivity index (χ4v) is 2.53. The third kappa shape index (κ3) is 6.34. The number of hydrogen-bond donors (Lipinski definition) is 4. The summed E-state index contributed by atoms with van der Waals surface area (Å²) in [6, 6.07) is 14.2. The first kappa shape index (κ1) is 19.0. The molecule has 2 fully saturated rings. The summed E-state index contributed by atoms with van der Waals surface area (Å²) in [6.07, 6.45) is 4.19. The maximum atomic E-state index is 11.7. The monoisotopic (exact) mass is 393 g/mol. The topological polar surface area (TPSA) is 101 Å². The Kier molecular flexibility index (Phi) is 5.74. The van der Waals surface area contributed by atoms with E-state index in [0.717, 1.165) is 25.7 Å². The molecule has 0 heterocycles. The second-order valence-corrected chi connectivity index (χ2v) is 7.13. The molecule has 0 unspecified atom stereocenters. The molecule has 29 heavy (non-hydrogen) atoms. The second-order valence-electron chi connectivity index (χ2n) is 7.13. The molecule has 2 saturated carbocycles. The van der Waals surface area contributed by atoms with Crippen LogP contribution in [0.15, 0.2) is 48.5 Å². The van der Waals surface area contributed by atoms with Gasteiger partial charge in [-0.3, -0.25) is 0 Å². The number of carbonyl (C=O) groups is 2. The van der Waals surface area contributed by atoms with Crippen molar-refractivity contribution < 1.29 is 18.9 Å². The smallest absolute Gasteiger partial charge is 0.526 e. The molecule has 2 aliphatic carbocycles. The Hall–Kier alpha value is -3.36. The van der Waals surface area contributed by atoms with E-state index in [1.807, 2.05) is 0 Å². The normalized spacial score (nSPS) is 15.0. The Morgan fingerprint density at radius 1 is 0.690 bits per heavy atom. The molecule has 0 atom stereocenters. The van der Waals surface area contributed by atoms with Crippen LogP contribution in [0.2, 0.25) is 0 Å². The zero-order valence-corrected chi connectivity index (χ0v) is 15.8. The van der Waals surface area contributed by atoms with Crippen molar-refractivity contribution >= 4 is 31.1 Å². The number of urea groups is 2. The van der Waals surface area contributed by atoms with Gasteiger partial charge in [-0.15, -0.1) is 0 Å². The zero-order chi connectivity index (χ0) is 20.1. The van der Waals surface area contributed by atoms with Crippen molar-refractivity contribution in [1.29, 1.82) is 0 Å². The van der Waals surface area contributed by atoms with Gasteiger partial charge in [0.15, 0.2) is 0 Å². The van der Waals surface area contributed by atoms with Crippen molar-refractivity contribution in [3.8, 4) is 11.5 Å². The van der Waals surface area contributed by atoms with Gasteiger partial charge in [-0.05, 0) is 74.2 Å². The van der Waals surface area contributed by atoms with E-state index in [1.54, 1.807) is 48.5 Å². The number of rotatable bonds is 8. The van der Waals surface area contributed by atoms with E-state index in [-0.39, 0.29) is 12.1 Å². The van der Waals surface area contributed by atoms with E-state index in [9.17, 15) is 9.59 Å². The van der Waals surface area contributed by atoms with Gasteiger partial charge in [0.2, 0.25) is 0 Å². The van der Waals surface area contributed by atoms with Crippen LogP contribution in [-0.2, 0) is 0 Å². The molecule has 8 nitrogen and oxygen atoms in total. The van der Waals surface area contributed by atoms with Gasteiger partial charge in [0.25, 0.3) is 0 Å². The van der Waals surface area contributed by atoms with Crippen LogP contribution in [0.4, 0.5) is 21.0 Å². The standard InChI is InChI=1S/C20H22BN4O4/c26-19(22-13-1-2-13)24-15-5-9-17(10-6-15)28-21-29-18-11-7-16(8-12-18)25-20(27)23-14-3-4-14/h5-14H,1-4H2,(H2,22,24,26)(H2,23,25,27). The summed E-state index contributed by atoms with van der Waals surface area (Å²) in [7, 11) is 1.23. The van der Waals surface area contributed by atoms with E-state index in [1.165, 1.54) is 7.69 Å². The average Bonchev–Trinajstić information content (AvgIpc) is 3.62. The minimum Gasteiger partial charge on any atom is -0.526 e. The lowest BCUT2D eigenvalue weighted by Gasteiger charge is -2.10. The van der Waals surface area contributed by atoms with Crippen LogP contribution >= 0.6 is 0 Å². The van der Waals surface area contributed by atoms with Crippen molar-refractivity contribution in [2.75, 3.05) is 10.6 Å². The Bertz CT molecular complexity index is 780. The third-order valence-corrected chi connectivity index (χ3v) is 4.42. The van der Waals surface area contributed by atoms with E-state index in [2.05, 4.69) is 21.3 Å². The fraction of sp³-hybridized carbons (Fsp3) is 0.300.